The van der Waals surface area contributed by atoms with Crippen LogP contribution in [0.15, 0.2) is 76.6 Å². The molecule has 0 aliphatic rings. The van der Waals surface area contributed by atoms with E-state index in [1.165, 1.54) is 24.6 Å². The fraction of sp³-hybridized carbons (Fsp3) is 0.192. The van der Waals surface area contributed by atoms with Crippen molar-refractivity contribution < 1.29 is 22.0 Å². The van der Waals surface area contributed by atoms with E-state index in [4.69, 9.17) is 4.42 Å². The van der Waals surface area contributed by atoms with Crippen LogP contribution in [0.25, 0.3) is 0 Å². The Morgan fingerprint density at radius 1 is 1.08 bits per heavy atom. The van der Waals surface area contributed by atoms with Crippen LogP contribution >= 0.6 is 0 Å². The lowest BCUT2D eigenvalue weighted by atomic mass is 10.1. The number of carbonyl (C=O) groups is 1. The number of hydrogen-bond acceptors (Lipinski definition) is 7. The second kappa shape index (κ2) is 10.3. The summed E-state index contributed by atoms with van der Waals surface area (Å²) in [5.41, 5.74) is 3.41. The summed E-state index contributed by atoms with van der Waals surface area (Å²) in [6, 6.07) is 15.0. The van der Waals surface area contributed by atoms with Crippen LogP contribution in [0.1, 0.15) is 32.9 Å². The molecule has 1 N–H and O–H groups in total. The Morgan fingerprint density at radius 2 is 1.83 bits per heavy atom. The van der Waals surface area contributed by atoms with E-state index in [0.717, 1.165) is 22.9 Å². The lowest BCUT2D eigenvalue weighted by Crippen LogP contribution is -2.27. The fourth-order valence-electron chi connectivity index (χ4n) is 3.70. The average Bonchev–Trinajstić information content (AvgIpc) is 3.34. The number of amides is 1. The Bertz CT molecular complexity index is 1490. The number of furan rings is 1. The molecule has 8 nitrogen and oxygen atoms in total. The molecule has 0 fully saturated rings. The number of aromatic nitrogens is 2. The first-order chi connectivity index (χ1) is 17.1. The van der Waals surface area contributed by atoms with Gasteiger partial charge in [-0.3, -0.25) is 4.79 Å². The topological polar surface area (TPSA) is 105 Å². The normalized spacial score (nSPS) is 11.3. The monoisotopic (exact) mass is 508 g/mol. The van der Waals surface area contributed by atoms with Gasteiger partial charge in [0, 0.05) is 18.5 Å². The predicted molar refractivity (Wildman–Crippen MR) is 134 cm³/mol. The van der Waals surface area contributed by atoms with Gasteiger partial charge in [-0.15, -0.1) is 0 Å². The van der Waals surface area contributed by atoms with Crippen molar-refractivity contribution in [1.82, 2.24) is 9.97 Å². The number of carbonyl (C=O) groups excluding carboxylic acids is 1. The molecule has 0 aliphatic carbocycles. The van der Waals surface area contributed by atoms with Gasteiger partial charge in [-0.25, -0.2) is 22.8 Å². The van der Waals surface area contributed by atoms with E-state index >= 15 is 0 Å². The van der Waals surface area contributed by atoms with Crippen LogP contribution in [0, 0.1) is 19.7 Å². The van der Waals surface area contributed by atoms with E-state index in [0.29, 0.717) is 17.1 Å². The van der Waals surface area contributed by atoms with E-state index < -0.39 is 20.9 Å². The van der Waals surface area contributed by atoms with Crippen molar-refractivity contribution in [3.05, 3.63) is 101 Å². The molecular weight excluding hydrogens is 483 g/mol. The van der Waals surface area contributed by atoms with Gasteiger partial charge in [-0.2, -0.15) is 0 Å². The molecule has 2 aromatic carbocycles. The van der Waals surface area contributed by atoms with E-state index in [9.17, 15) is 17.6 Å². The van der Waals surface area contributed by atoms with Crippen molar-refractivity contribution in [3.63, 3.8) is 0 Å². The standard InChI is InChI=1S/C26H25FN4O4S/c1-17-6-11-22(18(2)13-17)29-25(32)24-23(14-28-26(30-24)36(3,33)34)31(16-21-5-4-12-35-21)15-19-7-9-20(27)10-8-19/h4-14H,15-16H2,1-3H3,(H,29,32). The molecule has 0 bridgehead atoms. The molecular formula is C26H25FN4O4S. The van der Waals surface area contributed by atoms with Gasteiger partial charge in [0.05, 0.1) is 24.7 Å². The summed E-state index contributed by atoms with van der Waals surface area (Å²) in [5, 5.41) is 2.37. The van der Waals surface area contributed by atoms with Crippen LogP contribution in [0.3, 0.4) is 0 Å². The van der Waals surface area contributed by atoms with Gasteiger partial charge in [0.1, 0.15) is 11.6 Å². The Kier molecular flexibility index (Phi) is 7.16. The third-order valence-electron chi connectivity index (χ3n) is 5.48. The molecule has 1 amide bonds. The molecule has 10 heteroatoms. The highest BCUT2D eigenvalue weighted by molar-refractivity contribution is 7.90. The molecule has 2 aromatic heterocycles. The van der Waals surface area contributed by atoms with Gasteiger partial charge < -0.3 is 14.6 Å². The van der Waals surface area contributed by atoms with Gasteiger partial charge in [-0.1, -0.05) is 29.8 Å². The quantitative estimate of drug-likeness (QED) is 0.344. The second-order valence-electron chi connectivity index (χ2n) is 8.49. The predicted octanol–water partition coefficient (Wildman–Crippen LogP) is 4.69. The lowest BCUT2D eigenvalue weighted by Gasteiger charge is -2.25. The third-order valence-corrected chi connectivity index (χ3v) is 6.34. The SMILES string of the molecule is Cc1ccc(NC(=O)c2nc(S(C)(=O)=O)ncc2N(Cc2ccc(F)cc2)Cc2ccco2)c(C)c1. The Labute approximate surface area is 208 Å². The largest absolute Gasteiger partial charge is 0.467 e. The number of hydrogen-bond donors (Lipinski definition) is 1. The maximum atomic E-state index is 13.5. The highest BCUT2D eigenvalue weighted by Gasteiger charge is 2.24. The summed E-state index contributed by atoms with van der Waals surface area (Å²) in [4.78, 5) is 23.4. The summed E-state index contributed by atoms with van der Waals surface area (Å²) in [7, 11) is -3.78. The van der Waals surface area contributed by atoms with Crippen molar-refractivity contribution in [3.8, 4) is 0 Å². The molecule has 36 heavy (non-hydrogen) atoms. The molecule has 2 heterocycles. The summed E-state index contributed by atoms with van der Waals surface area (Å²) in [5.74, 6) is -0.358. The number of aryl methyl sites for hydroxylation is 2. The third kappa shape index (κ3) is 5.95. The number of nitrogens with zero attached hydrogens (tertiary/aromatic N) is 3. The van der Waals surface area contributed by atoms with Crippen molar-refractivity contribution in [1.29, 1.82) is 0 Å². The number of anilines is 2. The summed E-state index contributed by atoms with van der Waals surface area (Å²) in [6.07, 6.45) is 3.82. The molecule has 4 rings (SSSR count). The molecule has 0 saturated carbocycles. The Balaban J connectivity index is 1.79. The van der Waals surface area contributed by atoms with E-state index in [-0.39, 0.29) is 24.6 Å². The zero-order valence-electron chi connectivity index (χ0n) is 20.0. The molecule has 0 spiro atoms. The smallest absolute Gasteiger partial charge is 0.276 e. The van der Waals surface area contributed by atoms with Crippen molar-refractivity contribution in [2.24, 2.45) is 0 Å². The summed E-state index contributed by atoms with van der Waals surface area (Å²) in [6.45, 7) is 4.30. The van der Waals surface area contributed by atoms with Crippen molar-refractivity contribution >= 4 is 27.1 Å². The van der Waals surface area contributed by atoms with Gasteiger partial charge in [-0.05, 0) is 55.3 Å². The number of halogens is 1. The molecule has 0 aliphatic heterocycles. The molecule has 0 saturated heterocycles. The van der Waals surface area contributed by atoms with Crippen molar-refractivity contribution in [2.75, 3.05) is 16.5 Å². The Morgan fingerprint density at radius 3 is 2.47 bits per heavy atom. The molecule has 0 unspecified atom stereocenters. The van der Waals surface area contributed by atoms with Crippen LogP contribution in [-0.4, -0.2) is 30.5 Å². The average molecular weight is 509 g/mol. The number of benzene rings is 2. The maximum Gasteiger partial charge on any atom is 0.276 e. The van der Waals surface area contributed by atoms with Crippen LogP contribution in [-0.2, 0) is 22.9 Å². The van der Waals surface area contributed by atoms with Crippen LogP contribution in [0.5, 0.6) is 0 Å². The molecule has 0 atom stereocenters. The minimum atomic E-state index is -3.78. The molecule has 0 radical (unpaired) electrons. The van der Waals surface area contributed by atoms with E-state index in [1.54, 1.807) is 35.2 Å². The minimum Gasteiger partial charge on any atom is -0.467 e. The summed E-state index contributed by atoms with van der Waals surface area (Å²) < 4.78 is 43.4. The second-order valence-corrected chi connectivity index (χ2v) is 10.4. The van der Waals surface area contributed by atoms with E-state index in [1.807, 2.05) is 26.0 Å². The number of sulfone groups is 1. The number of rotatable bonds is 8. The van der Waals surface area contributed by atoms with E-state index in [2.05, 4.69) is 15.3 Å². The maximum absolute atomic E-state index is 13.5. The first kappa shape index (κ1) is 25.1. The first-order valence-corrected chi connectivity index (χ1v) is 13.0. The van der Waals surface area contributed by atoms with Crippen molar-refractivity contribution in [2.45, 2.75) is 32.1 Å². The van der Waals surface area contributed by atoms with Gasteiger partial charge in [0.25, 0.3) is 5.91 Å². The van der Waals surface area contributed by atoms with Gasteiger partial charge in [0.2, 0.25) is 15.0 Å². The first-order valence-electron chi connectivity index (χ1n) is 11.1. The van der Waals surface area contributed by atoms with Crippen LogP contribution < -0.4 is 10.2 Å². The fourth-order valence-corrected chi connectivity index (χ4v) is 4.20. The lowest BCUT2D eigenvalue weighted by molar-refractivity contribution is 0.102. The highest BCUT2D eigenvalue weighted by Crippen LogP contribution is 2.26. The summed E-state index contributed by atoms with van der Waals surface area (Å²) >= 11 is 0. The molecule has 186 valence electrons. The van der Waals surface area contributed by atoms with Crippen LogP contribution in [0.4, 0.5) is 15.8 Å². The van der Waals surface area contributed by atoms with Gasteiger partial charge in [0.15, 0.2) is 5.69 Å². The Hall–Kier alpha value is -4.05. The number of nitrogens with one attached hydrogen (secondary N) is 1. The van der Waals surface area contributed by atoms with Crippen LogP contribution in [0.2, 0.25) is 0 Å². The van der Waals surface area contributed by atoms with Gasteiger partial charge >= 0.3 is 0 Å². The molecule has 4 aromatic rings. The minimum absolute atomic E-state index is 0.112. The zero-order valence-corrected chi connectivity index (χ0v) is 20.8. The highest BCUT2D eigenvalue weighted by atomic mass is 32.2. The zero-order chi connectivity index (χ0) is 25.9.